The summed E-state index contributed by atoms with van der Waals surface area (Å²) in [7, 11) is 1.68. The molecule has 1 atom stereocenters. The maximum absolute atomic E-state index is 14.2. The first-order chi connectivity index (χ1) is 16.3. The highest BCUT2D eigenvalue weighted by molar-refractivity contribution is 6.35. The highest BCUT2D eigenvalue weighted by Crippen LogP contribution is 2.50. The monoisotopic (exact) mass is 529 g/mol. The standard InChI is InChI=1S/C22H17Cl2F4N5O2/c1-10-6-12(4-5-14(10)19(34)30-20-29-11(2)33(3)31-20)17-9-21(35-32-17,22(26,27)28)13-7-15(23)18(25)16(24)8-13/h4-8H,9H2,1-3H3,(H,30,31,34). The smallest absolute Gasteiger partial charge is 0.374 e. The number of halogens is 6. The summed E-state index contributed by atoms with van der Waals surface area (Å²) in [6.07, 6.45) is -5.64. The van der Waals surface area contributed by atoms with Gasteiger partial charge in [-0.15, -0.1) is 5.10 Å². The Morgan fingerprint density at radius 2 is 1.83 bits per heavy atom. The molecule has 1 amide bonds. The van der Waals surface area contributed by atoms with Crippen molar-refractivity contribution in [1.29, 1.82) is 0 Å². The third-order valence-corrected chi connectivity index (χ3v) is 6.20. The fourth-order valence-electron chi connectivity index (χ4n) is 3.63. The van der Waals surface area contributed by atoms with Gasteiger partial charge in [0.25, 0.3) is 11.5 Å². The van der Waals surface area contributed by atoms with Crippen LogP contribution in [0.5, 0.6) is 0 Å². The summed E-state index contributed by atoms with van der Waals surface area (Å²) in [6, 6.07) is 6.07. The Morgan fingerprint density at radius 1 is 1.17 bits per heavy atom. The summed E-state index contributed by atoms with van der Waals surface area (Å²) < 4.78 is 57.9. The maximum atomic E-state index is 14.2. The zero-order chi connectivity index (χ0) is 25.7. The third-order valence-electron chi connectivity index (χ3n) is 5.65. The van der Waals surface area contributed by atoms with Crippen LogP contribution in [-0.4, -0.2) is 32.6 Å². The number of hydrogen-bond donors (Lipinski definition) is 1. The lowest BCUT2D eigenvalue weighted by Crippen LogP contribution is -2.42. The number of aryl methyl sites for hydroxylation is 3. The number of carbonyl (C=O) groups is 1. The fourth-order valence-corrected chi connectivity index (χ4v) is 4.12. The van der Waals surface area contributed by atoms with Gasteiger partial charge in [0.05, 0.1) is 15.8 Å². The Balaban J connectivity index is 1.61. The van der Waals surface area contributed by atoms with Gasteiger partial charge in [-0.05, 0) is 49.2 Å². The lowest BCUT2D eigenvalue weighted by atomic mass is 9.86. The Kier molecular flexibility index (Phi) is 6.26. The Labute approximate surface area is 206 Å². The van der Waals surface area contributed by atoms with Gasteiger partial charge in [0.1, 0.15) is 5.82 Å². The highest BCUT2D eigenvalue weighted by atomic mass is 35.5. The van der Waals surface area contributed by atoms with Crippen LogP contribution in [0, 0.1) is 19.7 Å². The van der Waals surface area contributed by atoms with Gasteiger partial charge in [-0.2, -0.15) is 18.2 Å². The van der Waals surface area contributed by atoms with Crippen LogP contribution >= 0.6 is 23.2 Å². The van der Waals surface area contributed by atoms with Crippen molar-refractivity contribution in [3.05, 3.63) is 74.3 Å². The van der Waals surface area contributed by atoms with Gasteiger partial charge < -0.3 is 4.84 Å². The molecule has 0 aliphatic carbocycles. The second kappa shape index (κ2) is 8.80. The van der Waals surface area contributed by atoms with Crippen LogP contribution < -0.4 is 5.32 Å². The number of aromatic nitrogens is 3. The maximum Gasteiger partial charge on any atom is 0.435 e. The van der Waals surface area contributed by atoms with E-state index in [-0.39, 0.29) is 17.2 Å². The van der Waals surface area contributed by atoms with Crippen molar-refractivity contribution in [2.24, 2.45) is 12.2 Å². The van der Waals surface area contributed by atoms with Crippen LogP contribution in [0.15, 0.2) is 35.5 Å². The molecule has 0 bridgehead atoms. The summed E-state index contributed by atoms with van der Waals surface area (Å²) in [5, 5.41) is 9.17. The van der Waals surface area contributed by atoms with Gasteiger partial charge in [0.15, 0.2) is 5.82 Å². The molecule has 1 aliphatic heterocycles. The van der Waals surface area contributed by atoms with E-state index in [4.69, 9.17) is 28.0 Å². The van der Waals surface area contributed by atoms with E-state index in [1.807, 2.05) is 0 Å². The summed E-state index contributed by atoms with van der Waals surface area (Å²) >= 11 is 11.5. The van der Waals surface area contributed by atoms with Gasteiger partial charge in [0.2, 0.25) is 5.95 Å². The number of alkyl halides is 3. The van der Waals surface area contributed by atoms with Crippen molar-refractivity contribution in [1.82, 2.24) is 14.8 Å². The highest BCUT2D eigenvalue weighted by Gasteiger charge is 2.62. The SMILES string of the molecule is Cc1cc(C2=NOC(c3cc(Cl)c(F)c(Cl)c3)(C(F)(F)F)C2)ccc1C(=O)Nc1nc(C)n(C)n1. The van der Waals surface area contributed by atoms with Crippen LogP contribution in [0.25, 0.3) is 0 Å². The first-order valence-electron chi connectivity index (χ1n) is 10.1. The molecule has 35 heavy (non-hydrogen) atoms. The van der Waals surface area contributed by atoms with Gasteiger partial charge in [-0.3, -0.25) is 14.8 Å². The zero-order valence-corrected chi connectivity index (χ0v) is 20.0. The largest absolute Gasteiger partial charge is 0.435 e. The molecule has 4 rings (SSSR count). The number of carbonyl (C=O) groups excluding carboxylic acids is 1. The van der Waals surface area contributed by atoms with Gasteiger partial charge in [-0.25, -0.2) is 4.39 Å². The quantitative estimate of drug-likeness (QED) is 0.346. The number of nitrogens with zero attached hydrogens (tertiary/aromatic N) is 4. The van der Waals surface area contributed by atoms with Crippen molar-refractivity contribution >= 4 is 40.8 Å². The number of amides is 1. The first kappa shape index (κ1) is 24.9. The molecule has 1 aromatic heterocycles. The summed E-state index contributed by atoms with van der Waals surface area (Å²) in [5.74, 6) is -0.791. The van der Waals surface area contributed by atoms with E-state index < -0.39 is 45.5 Å². The minimum absolute atomic E-state index is 0.0176. The fraction of sp³-hybridized carbons (Fsp3) is 0.273. The number of anilines is 1. The van der Waals surface area contributed by atoms with E-state index in [9.17, 15) is 22.4 Å². The van der Waals surface area contributed by atoms with E-state index in [0.717, 1.165) is 12.1 Å². The molecule has 0 saturated carbocycles. The summed E-state index contributed by atoms with van der Waals surface area (Å²) in [5.41, 5.74) is -2.33. The average molecular weight is 530 g/mol. The molecule has 0 saturated heterocycles. The van der Waals surface area contributed by atoms with E-state index in [0.29, 0.717) is 17.0 Å². The predicted octanol–water partition coefficient (Wildman–Crippen LogP) is 5.71. The van der Waals surface area contributed by atoms with Crippen LogP contribution in [0.2, 0.25) is 10.0 Å². The Bertz CT molecular complexity index is 1330. The molecular weight excluding hydrogens is 513 g/mol. The van der Waals surface area contributed by atoms with E-state index >= 15 is 0 Å². The first-order valence-corrected chi connectivity index (χ1v) is 10.8. The molecule has 7 nitrogen and oxygen atoms in total. The summed E-state index contributed by atoms with van der Waals surface area (Å²) in [4.78, 5) is 21.7. The third kappa shape index (κ3) is 4.45. The molecule has 184 valence electrons. The van der Waals surface area contributed by atoms with Crippen molar-refractivity contribution in [2.45, 2.75) is 32.0 Å². The van der Waals surface area contributed by atoms with Crippen LogP contribution in [-0.2, 0) is 17.5 Å². The minimum atomic E-state index is -4.93. The van der Waals surface area contributed by atoms with E-state index in [1.165, 1.54) is 22.9 Å². The second-order valence-electron chi connectivity index (χ2n) is 7.97. The molecule has 1 aliphatic rings. The number of hydrogen-bond acceptors (Lipinski definition) is 5. The van der Waals surface area contributed by atoms with Crippen molar-refractivity contribution < 1.29 is 27.2 Å². The summed E-state index contributed by atoms with van der Waals surface area (Å²) in [6.45, 7) is 3.35. The number of benzene rings is 2. The molecule has 2 heterocycles. The lowest BCUT2D eigenvalue weighted by molar-refractivity contribution is -0.275. The van der Waals surface area contributed by atoms with Gasteiger partial charge in [-0.1, -0.05) is 34.4 Å². The molecule has 3 aromatic rings. The normalized spacial score (nSPS) is 17.8. The molecule has 2 aromatic carbocycles. The van der Waals surface area contributed by atoms with Crippen molar-refractivity contribution in [3.63, 3.8) is 0 Å². The van der Waals surface area contributed by atoms with Crippen LogP contribution in [0.1, 0.15) is 39.3 Å². The number of rotatable bonds is 4. The van der Waals surface area contributed by atoms with Crippen LogP contribution in [0.4, 0.5) is 23.5 Å². The molecule has 1 N–H and O–H groups in total. The number of oxime groups is 1. The second-order valence-corrected chi connectivity index (χ2v) is 8.79. The lowest BCUT2D eigenvalue weighted by Gasteiger charge is -2.29. The van der Waals surface area contributed by atoms with Crippen LogP contribution in [0.3, 0.4) is 0 Å². The topological polar surface area (TPSA) is 81.4 Å². The molecular formula is C22H17Cl2F4N5O2. The van der Waals surface area contributed by atoms with Gasteiger partial charge in [0, 0.05) is 24.6 Å². The molecule has 0 spiro atoms. The van der Waals surface area contributed by atoms with Crippen molar-refractivity contribution in [3.8, 4) is 0 Å². The minimum Gasteiger partial charge on any atom is -0.374 e. The molecule has 0 fully saturated rings. The van der Waals surface area contributed by atoms with Crippen molar-refractivity contribution in [2.75, 3.05) is 5.32 Å². The Morgan fingerprint density at radius 3 is 2.37 bits per heavy atom. The molecule has 1 unspecified atom stereocenters. The zero-order valence-electron chi connectivity index (χ0n) is 18.5. The predicted molar refractivity (Wildman–Crippen MR) is 121 cm³/mol. The average Bonchev–Trinajstić information content (AvgIpc) is 3.35. The number of nitrogens with one attached hydrogen (secondary N) is 1. The van der Waals surface area contributed by atoms with Gasteiger partial charge >= 0.3 is 6.18 Å². The molecule has 13 heteroatoms. The molecule has 0 radical (unpaired) electrons. The van der Waals surface area contributed by atoms with E-state index in [2.05, 4.69) is 20.6 Å². The Hall–Kier alpha value is -3.18. The van der Waals surface area contributed by atoms with E-state index in [1.54, 1.807) is 20.9 Å².